The second-order valence-electron chi connectivity index (χ2n) is 3.71. The van der Waals surface area contributed by atoms with Crippen LogP contribution in [0.2, 0.25) is 0 Å². The molecule has 0 saturated carbocycles. The molecular formula is C11H15NO5S. The average molecular weight is 273 g/mol. The predicted octanol–water partition coefficient (Wildman–Crippen LogP) is -0.193. The molecule has 0 aromatic heterocycles. The van der Waals surface area contributed by atoms with E-state index in [0.717, 1.165) is 12.7 Å². The maximum absolute atomic E-state index is 11.8. The number of ether oxygens (including phenoxy) is 1. The largest absolute Gasteiger partial charge is 0.467 e. The van der Waals surface area contributed by atoms with E-state index >= 15 is 0 Å². The van der Waals surface area contributed by atoms with Crippen molar-refractivity contribution < 1.29 is 23.1 Å². The molecule has 1 aromatic carbocycles. The van der Waals surface area contributed by atoms with Gasteiger partial charge in [0.25, 0.3) is 0 Å². The SMILES string of the molecule is COC(=O)C(O)CNS(=O)(=O)c1cccc(C)c1. The fourth-order valence-corrected chi connectivity index (χ4v) is 2.42. The number of rotatable bonds is 5. The number of benzene rings is 1. The standard InChI is InChI=1S/C11H15NO5S/c1-8-4-3-5-9(6-8)18(15,16)12-7-10(13)11(14)17-2/h3-6,10,12-13H,7H2,1-2H3. The summed E-state index contributed by atoms with van der Waals surface area (Å²) in [6.45, 7) is 1.34. The molecule has 0 aliphatic rings. The fraction of sp³-hybridized carbons (Fsp3) is 0.364. The monoisotopic (exact) mass is 273 g/mol. The maximum Gasteiger partial charge on any atom is 0.336 e. The lowest BCUT2D eigenvalue weighted by Gasteiger charge is -2.10. The molecule has 0 aliphatic carbocycles. The van der Waals surface area contributed by atoms with E-state index in [2.05, 4.69) is 9.46 Å². The van der Waals surface area contributed by atoms with Crippen LogP contribution in [0.15, 0.2) is 29.2 Å². The van der Waals surface area contributed by atoms with Crippen molar-refractivity contribution in [2.75, 3.05) is 13.7 Å². The lowest BCUT2D eigenvalue weighted by Crippen LogP contribution is -2.37. The number of nitrogens with one attached hydrogen (secondary N) is 1. The summed E-state index contributed by atoms with van der Waals surface area (Å²) in [5, 5.41) is 9.28. The van der Waals surface area contributed by atoms with Crippen LogP contribution in [0, 0.1) is 6.92 Å². The molecule has 6 nitrogen and oxygen atoms in total. The number of carbonyl (C=O) groups excluding carboxylic acids is 1. The van der Waals surface area contributed by atoms with Crippen LogP contribution in [-0.2, 0) is 19.6 Å². The Hall–Kier alpha value is -1.44. The van der Waals surface area contributed by atoms with Gasteiger partial charge in [-0.3, -0.25) is 0 Å². The Bertz CT molecular complexity index is 526. The third-order valence-corrected chi connectivity index (χ3v) is 3.66. The number of esters is 1. The van der Waals surface area contributed by atoms with Crippen LogP contribution in [-0.4, -0.2) is 39.3 Å². The van der Waals surface area contributed by atoms with E-state index < -0.39 is 28.6 Å². The number of hydrogen-bond acceptors (Lipinski definition) is 5. The Morgan fingerprint density at radius 2 is 2.17 bits per heavy atom. The zero-order chi connectivity index (χ0) is 13.8. The highest BCUT2D eigenvalue weighted by molar-refractivity contribution is 7.89. The Kier molecular flexibility index (Phi) is 4.83. The average Bonchev–Trinajstić information content (AvgIpc) is 2.35. The van der Waals surface area contributed by atoms with E-state index in [4.69, 9.17) is 0 Å². The molecule has 1 atom stereocenters. The van der Waals surface area contributed by atoms with Gasteiger partial charge in [0.2, 0.25) is 10.0 Å². The van der Waals surface area contributed by atoms with Gasteiger partial charge >= 0.3 is 5.97 Å². The van der Waals surface area contributed by atoms with Gasteiger partial charge in [0.05, 0.1) is 12.0 Å². The van der Waals surface area contributed by atoms with Crippen LogP contribution in [0.1, 0.15) is 5.56 Å². The van der Waals surface area contributed by atoms with Gasteiger partial charge in [-0.15, -0.1) is 0 Å². The van der Waals surface area contributed by atoms with Crippen LogP contribution in [0.5, 0.6) is 0 Å². The molecule has 1 rings (SSSR count). The zero-order valence-corrected chi connectivity index (χ0v) is 10.9. The minimum Gasteiger partial charge on any atom is -0.467 e. The van der Waals surface area contributed by atoms with Crippen LogP contribution >= 0.6 is 0 Å². The first kappa shape index (κ1) is 14.6. The van der Waals surface area contributed by atoms with Crippen molar-refractivity contribution >= 4 is 16.0 Å². The van der Waals surface area contributed by atoms with Gasteiger partial charge in [0.1, 0.15) is 0 Å². The number of aliphatic hydroxyl groups is 1. The summed E-state index contributed by atoms with van der Waals surface area (Å²) in [7, 11) is -2.63. The Labute approximate surface area is 106 Å². The third-order valence-electron chi connectivity index (χ3n) is 2.24. The lowest BCUT2D eigenvalue weighted by atomic mass is 10.2. The van der Waals surface area contributed by atoms with Gasteiger partial charge in [0, 0.05) is 6.54 Å². The zero-order valence-electron chi connectivity index (χ0n) is 10.1. The van der Waals surface area contributed by atoms with E-state index in [9.17, 15) is 18.3 Å². The highest BCUT2D eigenvalue weighted by Gasteiger charge is 2.20. The number of sulfonamides is 1. The van der Waals surface area contributed by atoms with Gasteiger partial charge < -0.3 is 9.84 Å². The molecule has 0 spiro atoms. The maximum atomic E-state index is 11.8. The smallest absolute Gasteiger partial charge is 0.336 e. The lowest BCUT2D eigenvalue weighted by molar-refractivity contribution is -0.149. The molecule has 2 N–H and O–H groups in total. The second-order valence-corrected chi connectivity index (χ2v) is 5.47. The molecule has 1 unspecified atom stereocenters. The molecule has 0 heterocycles. The highest BCUT2D eigenvalue weighted by Crippen LogP contribution is 2.10. The van der Waals surface area contributed by atoms with Gasteiger partial charge in [-0.25, -0.2) is 17.9 Å². The van der Waals surface area contributed by atoms with Gasteiger partial charge in [-0.05, 0) is 24.6 Å². The first-order chi connectivity index (χ1) is 8.36. The quantitative estimate of drug-likeness (QED) is 0.725. The molecule has 0 radical (unpaired) electrons. The minimum absolute atomic E-state index is 0.0829. The summed E-state index contributed by atoms with van der Waals surface area (Å²) >= 11 is 0. The van der Waals surface area contributed by atoms with Crippen molar-refractivity contribution in [2.24, 2.45) is 0 Å². The molecular weight excluding hydrogens is 258 g/mol. The molecule has 0 bridgehead atoms. The van der Waals surface area contributed by atoms with Gasteiger partial charge in [-0.1, -0.05) is 12.1 Å². The summed E-state index contributed by atoms with van der Waals surface area (Å²) in [6.07, 6.45) is -1.52. The molecule has 1 aromatic rings. The fourth-order valence-electron chi connectivity index (χ4n) is 1.27. The first-order valence-electron chi connectivity index (χ1n) is 5.19. The van der Waals surface area contributed by atoms with Crippen molar-refractivity contribution in [2.45, 2.75) is 17.9 Å². The molecule has 0 saturated heterocycles. The first-order valence-corrected chi connectivity index (χ1v) is 6.67. The third kappa shape index (κ3) is 3.80. The van der Waals surface area contributed by atoms with Gasteiger partial charge in [-0.2, -0.15) is 0 Å². The van der Waals surface area contributed by atoms with Crippen LogP contribution in [0.4, 0.5) is 0 Å². The van der Waals surface area contributed by atoms with E-state index in [0.29, 0.717) is 0 Å². The van der Waals surface area contributed by atoms with E-state index in [1.807, 2.05) is 0 Å². The highest BCUT2D eigenvalue weighted by atomic mass is 32.2. The van der Waals surface area contributed by atoms with Crippen molar-refractivity contribution in [1.29, 1.82) is 0 Å². The van der Waals surface area contributed by atoms with Crippen molar-refractivity contribution in [3.8, 4) is 0 Å². The molecule has 0 fully saturated rings. The van der Waals surface area contributed by atoms with Gasteiger partial charge in [0.15, 0.2) is 6.10 Å². The van der Waals surface area contributed by atoms with E-state index in [1.54, 1.807) is 19.1 Å². The molecule has 100 valence electrons. The van der Waals surface area contributed by atoms with E-state index in [1.165, 1.54) is 12.1 Å². The number of carbonyl (C=O) groups is 1. The number of aliphatic hydroxyl groups excluding tert-OH is 1. The van der Waals surface area contributed by atoms with Crippen molar-refractivity contribution in [1.82, 2.24) is 4.72 Å². The van der Waals surface area contributed by atoms with Crippen LogP contribution in [0.3, 0.4) is 0 Å². The van der Waals surface area contributed by atoms with Crippen molar-refractivity contribution in [3.05, 3.63) is 29.8 Å². The number of methoxy groups -OCH3 is 1. The predicted molar refractivity (Wildman–Crippen MR) is 64.4 cm³/mol. The van der Waals surface area contributed by atoms with Crippen molar-refractivity contribution in [3.63, 3.8) is 0 Å². The molecule has 0 aliphatic heterocycles. The summed E-state index contributed by atoms with van der Waals surface area (Å²) in [4.78, 5) is 11.0. The molecule has 0 amide bonds. The Balaban J connectivity index is 2.75. The second kappa shape index (κ2) is 5.94. The number of hydrogen-bond donors (Lipinski definition) is 2. The summed E-state index contributed by atoms with van der Waals surface area (Å²) < 4.78 is 30.1. The topological polar surface area (TPSA) is 92.7 Å². The Morgan fingerprint density at radius 3 is 2.72 bits per heavy atom. The number of aryl methyl sites for hydroxylation is 1. The summed E-state index contributed by atoms with van der Waals surface area (Å²) in [5.41, 5.74) is 0.798. The molecule has 7 heteroatoms. The summed E-state index contributed by atoms with van der Waals surface area (Å²) in [6, 6.07) is 6.30. The summed E-state index contributed by atoms with van der Waals surface area (Å²) in [5.74, 6) is -0.887. The van der Waals surface area contributed by atoms with Crippen LogP contribution in [0.25, 0.3) is 0 Å². The van der Waals surface area contributed by atoms with Crippen LogP contribution < -0.4 is 4.72 Å². The van der Waals surface area contributed by atoms with E-state index in [-0.39, 0.29) is 4.90 Å². The molecule has 18 heavy (non-hydrogen) atoms. The Morgan fingerprint density at radius 1 is 1.50 bits per heavy atom. The normalized spacial score (nSPS) is 13.1. The minimum atomic E-state index is -3.74.